The maximum Gasteiger partial charge on any atom is 0.228 e. The summed E-state index contributed by atoms with van der Waals surface area (Å²) in [5.74, 6) is 0.0616. The number of aromatic amines is 1. The second-order valence-corrected chi connectivity index (χ2v) is 4.80. The SMILES string of the molecule is CNCc1n[nH]c(C)c1-c1ccc2c(c1)CC(=O)N2. The molecule has 5 nitrogen and oxygen atoms in total. The summed E-state index contributed by atoms with van der Waals surface area (Å²) in [6.07, 6.45) is 0.460. The summed E-state index contributed by atoms with van der Waals surface area (Å²) in [4.78, 5) is 11.4. The molecule has 0 radical (unpaired) electrons. The van der Waals surface area contributed by atoms with Gasteiger partial charge in [0.25, 0.3) is 0 Å². The molecule has 0 bridgehead atoms. The molecule has 3 N–H and O–H groups in total. The van der Waals surface area contributed by atoms with Crippen molar-refractivity contribution < 1.29 is 4.79 Å². The topological polar surface area (TPSA) is 69.8 Å². The van der Waals surface area contributed by atoms with Gasteiger partial charge >= 0.3 is 0 Å². The Labute approximate surface area is 111 Å². The van der Waals surface area contributed by atoms with Gasteiger partial charge < -0.3 is 10.6 Å². The molecule has 98 valence electrons. The van der Waals surface area contributed by atoms with Crippen LogP contribution in [0.15, 0.2) is 18.2 Å². The largest absolute Gasteiger partial charge is 0.326 e. The van der Waals surface area contributed by atoms with Crippen molar-refractivity contribution in [3.05, 3.63) is 35.2 Å². The van der Waals surface area contributed by atoms with E-state index in [-0.39, 0.29) is 5.91 Å². The molecule has 19 heavy (non-hydrogen) atoms. The van der Waals surface area contributed by atoms with Crippen molar-refractivity contribution in [2.75, 3.05) is 12.4 Å². The van der Waals surface area contributed by atoms with Crippen molar-refractivity contribution in [3.8, 4) is 11.1 Å². The lowest BCUT2D eigenvalue weighted by Crippen LogP contribution is -2.06. The number of fused-ring (bicyclic) bond motifs is 1. The van der Waals surface area contributed by atoms with Crippen LogP contribution in [0, 0.1) is 6.92 Å². The van der Waals surface area contributed by atoms with E-state index in [0.717, 1.165) is 33.8 Å². The standard InChI is InChI=1S/C14H16N4O/c1-8-14(12(7-15-2)18-17-8)9-3-4-11-10(5-9)6-13(19)16-11/h3-5,15H,6-7H2,1-2H3,(H,16,19)(H,17,18). The first-order chi connectivity index (χ1) is 9.19. The van der Waals surface area contributed by atoms with E-state index in [9.17, 15) is 4.79 Å². The Hall–Kier alpha value is -2.14. The Morgan fingerprint density at radius 3 is 3.05 bits per heavy atom. The number of H-pyrrole nitrogens is 1. The fourth-order valence-electron chi connectivity index (χ4n) is 2.54. The normalized spacial score (nSPS) is 13.5. The lowest BCUT2D eigenvalue weighted by molar-refractivity contribution is -0.115. The second kappa shape index (κ2) is 4.51. The summed E-state index contributed by atoms with van der Waals surface area (Å²) in [5, 5.41) is 13.3. The molecule has 0 fully saturated rings. The Morgan fingerprint density at radius 2 is 2.26 bits per heavy atom. The fourth-order valence-corrected chi connectivity index (χ4v) is 2.54. The summed E-state index contributed by atoms with van der Waals surface area (Å²) >= 11 is 0. The summed E-state index contributed by atoms with van der Waals surface area (Å²) in [6.45, 7) is 2.73. The fraction of sp³-hybridized carbons (Fsp3) is 0.286. The number of nitrogens with zero attached hydrogens (tertiary/aromatic N) is 1. The zero-order chi connectivity index (χ0) is 13.4. The first-order valence-corrected chi connectivity index (χ1v) is 6.30. The molecule has 5 heteroatoms. The minimum absolute atomic E-state index is 0.0616. The van der Waals surface area contributed by atoms with Crippen LogP contribution >= 0.6 is 0 Å². The highest BCUT2D eigenvalue weighted by atomic mass is 16.1. The maximum absolute atomic E-state index is 11.4. The first-order valence-electron chi connectivity index (χ1n) is 6.30. The van der Waals surface area contributed by atoms with Crippen LogP contribution in [0.3, 0.4) is 0 Å². The van der Waals surface area contributed by atoms with E-state index < -0.39 is 0 Å². The van der Waals surface area contributed by atoms with Gasteiger partial charge in [0, 0.05) is 23.5 Å². The van der Waals surface area contributed by atoms with Crippen LogP contribution in [-0.4, -0.2) is 23.2 Å². The van der Waals surface area contributed by atoms with E-state index in [1.807, 2.05) is 26.1 Å². The second-order valence-electron chi connectivity index (χ2n) is 4.80. The van der Waals surface area contributed by atoms with E-state index in [1.54, 1.807) is 0 Å². The van der Waals surface area contributed by atoms with Gasteiger partial charge in [-0.1, -0.05) is 6.07 Å². The smallest absolute Gasteiger partial charge is 0.228 e. The van der Waals surface area contributed by atoms with E-state index in [4.69, 9.17) is 0 Å². The van der Waals surface area contributed by atoms with Crippen LogP contribution in [0.5, 0.6) is 0 Å². The van der Waals surface area contributed by atoms with Gasteiger partial charge in [-0.2, -0.15) is 5.10 Å². The third kappa shape index (κ3) is 2.02. The molecule has 0 saturated carbocycles. The molecule has 0 saturated heterocycles. The monoisotopic (exact) mass is 256 g/mol. The van der Waals surface area contributed by atoms with Crippen molar-refractivity contribution in [3.63, 3.8) is 0 Å². The highest BCUT2D eigenvalue weighted by Crippen LogP contribution is 2.31. The molecule has 0 spiro atoms. The van der Waals surface area contributed by atoms with E-state index in [2.05, 4.69) is 26.9 Å². The van der Waals surface area contributed by atoms with Crippen molar-refractivity contribution in [1.29, 1.82) is 0 Å². The molecule has 2 aromatic rings. The van der Waals surface area contributed by atoms with Crippen molar-refractivity contribution in [2.24, 2.45) is 0 Å². The van der Waals surface area contributed by atoms with Crippen LogP contribution in [0.1, 0.15) is 17.0 Å². The molecule has 1 aromatic carbocycles. The summed E-state index contributed by atoms with van der Waals surface area (Å²) < 4.78 is 0. The van der Waals surface area contributed by atoms with Crippen molar-refractivity contribution in [2.45, 2.75) is 19.9 Å². The number of benzene rings is 1. The maximum atomic E-state index is 11.4. The lowest BCUT2D eigenvalue weighted by atomic mass is 10.00. The van der Waals surface area contributed by atoms with Crippen LogP contribution in [0.2, 0.25) is 0 Å². The number of rotatable bonds is 3. The minimum atomic E-state index is 0.0616. The zero-order valence-electron chi connectivity index (χ0n) is 11.0. The number of hydrogen-bond donors (Lipinski definition) is 3. The first kappa shape index (κ1) is 11.9. The third-order valence-corrected chi connectivity index (χ3v) is 3.39. The van der Waals surface area contributed by atoms with Crippen LogP contribution in [0.25, 0.3) is 11.1 Å². The van der Waals surface area contributed by atoms with Gasteiger partial charge in [0.1, 0.15) is 0 Å². The van der Waals surface area contributed by atoms with E-state index in [1.165, 1.54) is 0 Å². The number of hydrogen-bond acceptors (Lipinski definition) is 3. The number of carbonyl (C=O) groups excluding carboxylic acids is 1. The molecular formula is C14H16N4O. The van der Waals surface area contributed by atoms with Gasteiger partial charge in [-0.15, -0.1) is 0 Å². The summed E-state index contributed by atoms with van der Waals surface area (Å²) in [7, 11) is 1.90. The van der Waals surface area contributed by atoms with Gasteiger partial charge in [-0.3, -0.25) is 9.89 Å². The van der Waals surface area contributed by atoms with Crippen LogP contribution < -0.4 is 10.6 Å². The molecule has 0 atom stereocenters. The van der Waals surface area contributed by atoms with Crippen LogP contribution in [-0.2, 0) is 17.8 Å². The summed E-state index contributed by atoms with van der Waals surface area (Å²) in [6, 6.07) is 6.07. The Bertz CT molecular complexity index is 645. The highest BCUT2D eigenvalue weighted by Gasteiger charge is 2.19. The van der Waals surface area contributed by atoms with E-state index in [0.29, 0.717) is 13.0 Å². The van der Waals surface area contributed by atoms with E-state index >= 15 is 0 Å². The number of carbonyl (C=O) groups is 1. The van der Waals surface area contributed by atoms with Gasteiger partial charge in [-0.05, 0) is 37.2 Å². The molecular weight excluding hydrogens is 240 g/mol. The molecule has 0 aliphatic carbocycles. The highest BCUT2D eigenvalue weighted by molar-refractivity contribution is 5.99. The Balaban J connectivity index is 2.06. The van der Waals surface area contributed by atoms with Gasteiger partial charge in [0.2, 0.25) is 5.91 Å². The zero-order valence-corrected chi connectivity index (χ0v) is 11.0. The van der Waals surface area contributed by atoms with Crippen molar-refractivity contribution in [1.82, 2.24) is 15.5 Å². The van der Waals surface area contributed by atoms with Gasteiger partial charge in [0.15, 0.2) is 0 Å². The Kier molecular flexibility index (Phi) is 2.83. The number of nitrogens with one attached hydrogen (secondary N) is 3. The van der Waals surface area contributed by atoms with Gasteiger partial charge in [0.05, 0.1) is 12.1 Å². The predicted octanol–water partition coefficient (Wildman–Crippen LogP) is 1.60. The average molecular weight is 256 g/mol. The minimum Gasteiger partial charge on any atom is -0.326 e. The van der Waals surface area contributed by atoms with Gasteiger partial charge in [-0.25, -0.2) is 0 Å². The Morgan fingerprint density at radius 1 is 1.42 bits per heavy atom. The molecule has 0 unspecified atom stereocenters. The molecule has 1 aliphatic rings. The number of aryl methyl sites for hydroxylation is 1. The lowest BCUT2D eigenvalue weighted by Gasteiger charge is -2.06. The summed E-state index contributed by atoms with van der Waals surface area (Å²) in [5.41, 5.74) is 6.24. The van der Waals surface area contributed by atoms with Crippen molar-refractivity contribution >= 4 is 11.6 Å². The number of aromatic nitrogens is 2. The molecule has 2 heterocycles. The molecule has 1 amide bonds. The number of anilines is 1. The predicted molar refractivity (Wildman–Crippen MR) is 73.9 cm³/mol. The molecule has 1 aromatic heterocycles. The quantitative estimate of drug-likeness (QED) is 0.781. The van der Waals surface area contributed by atoms with Crippen LogP contribution in [0.4, 0.5) is 5.69 Å². The molecule has 3 rings (SSSR count). The molecule has 1 aliphatic heterocycles. The average Bonchev–Trinajstić information content (AvgIpc) is 2.91. The number of amides is 1. The third-order valence-electron chi connectivity index (χ3n) is 3.39.